The van der Waals surface area contributed by atoms with Gasteiger partial charge in [-0.3, -0.25) is 4.79 Å². The van der Waals surface area contributed by atoms with E-state index < -0.39 is 5.91 Å². The summed E-state index contributed by atoms with van der Waals surface area (Å²) in [4.78, 5) is 12.5. The summed E-state index contributed by atoms with van der Waals surface area (Å²) in [5.74, 6) is 0.492. The van der Waals surface area contributed by atoms with Crippen molar-refractivity contribution in [2.45, 2.75) is 13.8 Å². The molecule has 0 atom stereocenters. The fourth-order valence-electron chi connectivity index (χ4n) is 2.50. The maximum Gasteiger partial charge on any atom is 0.280 e. The van der Waals surface area contributed by atoms with E-state index in [9.17, 15) is 4.79 Å². The first-order chi connectivity index (χ1) is 12.0. The Labute approximate surface area is 145 Å². The van der Waals surface area contributed by atoms with Gasteiger partial charge in [0, 0.05) is 5.69 Å². The number of nitrogens with two attached hydrogens (primary N) is 1. The Balaban J connectivity index is 1.85. The molecule has 0 aliphatic carbocycles. The van der Waals surface area contributed by atoms with Crippen LogP contribution in [0.5, 0.6) is 5.75 Å². The molecule has 0 unspecified atom stereocenters. The van der Waals surface area contributed by atoms with Crippen LogP contribution in [0.15, 0.2) is 42.5 Å². The van der Waals surface area contributed by atoms with Crippen LogP contribution in [0.1, 0.15) is 21.6 Å². The van der Waals surface area contributed by atoms with Gasteiger partial charge in [-0.15, -0.1) is 5.10 Å². The zero-order valence-corrected chi connectivity index (χ0v) is 14.3. The molecule has 1 heterocycles. The molecule has 7 nitrogen and oxygen atoms in total. The summed E-state index contributed by atoms with van der Waals surface area (Å²) in [6.45, 7) is 3.93. The summed E-state index contributed by atoms with van der Waals surface area (Å²) in [6.07, 6.45) is 0. The van der Waals surface area contributed by atoms with Crippen LogP contribution < -0.4 is 15.8 Å². The van der Waals surface area contributed by atoms with Gasteiger partial charge in [0.05, 0.1) is 12.8 Å². The second kappa shape index (κ2) is 6.64. The average Bonchev–Trinajstić information content (AvgIpc) is 2.99. The van der Waals surface area contributed by atoms with Gasteiger partial charge >= 0.3 is 0 Å². The number of nitrogen functional groups attached to an aromatic ring is 1. The van der Waals surface area contributed by atoms with Crippen LogP contribution >= 0.6 is 0 Å². The Hall–Kier alpha value is -3.35. The molecule has 0 saturated carbocycles. The Bertz CT molecular complexity index is 916. The van der Waals surface area contributed by atoms with E-state index in [-0.39, 0.29) is 11.5 Å². The van der Waals surface area contributed by atoms with Crippen LogP contribution in [0.3, 0.4) is 0 Å². The van der Waals surface area contributed by atoms with Crippen LogP contribution in [-0.4, -0.2) is 28.0 Å². The number of benzene rings is 2. The molecule has 0 saturated heterocycles. The fourth-order valence-corrected chi connectivity index (χ4v) is 2.50. The van der Waals surface area contributed by atoms with Crippen molar-refractivity contribution in [3.05, 3.63) is 59.3 Å². The van der Waals surface area contributed by atoms with Crippen LogP contribution in [0, 0.1) is 13.8 Å². The summed E-state index contributed by atoms with van der Waals surface area (Å²) in [7, 11) is 1.59. The SMILES string of the molecule is COc1ccc(-n2nnc(C(=O)Nc3ccc(C)cc3C)c2N)cc1. The maximum atomic E-state index is 12.5. The number of amides is 1. The molecule has 0 aliphatic heterocycles. The minimum Gasteiger partial charge on any atom is -0.497 e. The Morgan fingerprint density at radius 1 is 1.16 bits per heavy atom. The van der Waals surface area contributed by atoms with Gasteiger partial charge in [0.1, 0.15) is 5.75 Å². The number of methoxy groups -OCH3 is 1. The second-order valence-electron chi connectivity index (χ2n) is 5.71. The molecule has 1 aromatic heterocycles. The fraction of sp³-hybridized carbons (Fsp3) is 0.167. The van der Waals surface area contributed by atoms with Crippen molar-refractivity contribution in [2.75, 3.05) is 18.2 Å². The predicted molar refractivity (Wildman–Crippen MR) is 96.2 cm³/mol. The molecule has 0 radical (unpaired) electrons. The molecule has 3 N–H and O–H groups in total. The lowest BCUT2D eigenvalue weighted by molar-refractivity contribution is 0.102. The Morgan fingerprint density at radius 3 is 2.52 bits per heavy atom. The predicted octanol–water partition coefficient (Wildman–Crippen LogP) is 2.73. The van der Waals surface area contributed by atoms with Crippen molar-refractivity contribution in [1.29, 1.82) is 0 Å². The highest BCUT2D eigenvalue weighted by Crippen LogP contribution is 2.21. The highest BCUT2D eigenvalue weighted by Gasteiger charge is 2.19. The van der Waals surface area contributed by atoms with Gasteiger partial charge in [-0.1, -0.05) is 22.9 Å². The van der Waals surface area contributed by atoms with Gasteiger partial charge in [-0.25, -0.2) is 0 Å². The van der Waals surface area contributed by atoms with Crippen molar-refractivity contribution in [2.24, 2.45) is 0 Å². The van der Waals surface area contributed by atoms with Gasteiger partial charge in [0.15, 0.2) is 11.5 Å². The highest BCUT2D eigenvalue weighted by molar-refractivity contribution is 6.06. The minimum absolute atomic E-state index is 0.0794. The zero-order valence-electron chi connectivity index (χ0n) is 14.3. The van der Waals surface area contributed by atoms with Gasteiger partial charge in [-0.2, -0.15) is 4.68 Å². The molecule has 1 amide bonds. The highest BCUT2D eigenvalue weighted by atomic mass is 16.5. The van der Waals surface area contributed by atoms with Crippen LogP contribution in [0.2, 0.25) is 0 Å². The number of aromatic nitrogens is 3. The van der Waals surface area contributed by atoms with Gasteiger partial charge in [0.2, 0.25) is 0 Å². The van der Waals surface area contributed by atoms with E-state index in [0.717, 1.165) is 16.9 Å². The number of carbonyl (C=O) groups is 1. The van der Waals surface area contributed by atoms with Crippen molar-refractivity contribution in [3.8, 4) is 11.4 Å². The summed E-state index contributed by atoms with van der Waals surface area (Å²) in [5.41, 5.74) is 9.65. The monoisotopic (exact) mass is 337 g/mol. The zero-order chi connectivity index (χ0) is 18.0. The van der Waals surface area contributed by atoms with Gasteiger partial charge in [-0.05, 0) is 49.7 Å². The molecular formula is C18H19N5O2. The first kappa shape index (κ1) is 16.5. The number of nitrogens with zero attached hydrogens (tertiary/aromatic N) is 3. The maximum absolute atomic E-state index is 12.5. The van der Waals surface area contributed by atoms with Gasteiger partial charge in [0.25, 0.3) is 5.91 Å². The Morgan fingerprint density at radius 2 is 1.88 bits per heavy atom. The van der Waals surface area contributed by atoms with Crippen LogP contribution in [0.4, 0.5) is 11.5 Å². The van der Waals surface area contributed by atoms with Crippen LogP contribution in [0.25, 0.3) is 5.69 Å². The molecule has 128 valence electrons. The van der Waals surface area contributed by atoms with E-state index in [0.29, 0.717) is 11.4 Å². The standard InChI is InChI=1S/C18H19N5O2/c1-11-4-9-15(12(2)10-11)20-18(24)16-17(19)23(22-21-16)13-5-7-14(25-3)8-6-13/h4-10H,19H2,1-3H3,(H,20,24). The minimum atomic E-state index is -0.399. The van der Waals surface area contributed by atoms with E-state index in [1.807, 2.05) is 32.0 Å². The lowest BCUT2D eigenvalue weighted by Crippen LogP contribution is -2.15. The molecular weight excluding hydrogens is 318 g/mol. The smallest absolute Gasteiger partial charge is 0.280 e. The van der Waals surface area contributed by atoms with E-state index in [1.165, 1.54) is 4.68 Å². The van der Waals surface area contributed by atoms with E-state index >= 15 is 0 Å². The molecule has 0 bridgehead atoms. The third-order valence-corrected chi connectivity index (χ3v) is 3.87. The van der Waals surface area contributed by atoms with Gasteiger partial charge < -0.3 is 15.8 Å². The van der Waals surface area contributed by atoms with E-state index in [1.54, 1.807) is 31.4 Å². The number of rotatable bonds is 4. The van der Waals surface area contributed by atoms with Crippen molar-refractivity contribution < 1.29 is 9.53 Å². The number of ether oxygens (including phenoxy) is 1. The summed E-state index contributed by atoms with van der Waals surface area (Å²) in [5, 5.41) is 10.7. The lowest BCUT2D eigenvalue weighted by atomic mass is 10.1. The van der Waals surface area contributed by atoms with Crippen molar-refractivity contribution in [1.82, 2.24) is 15.0 Å². The van der Waals surface area contributed by atoms with E-state index in [4.69, 9.17) is 10.5 Å². The normalized spacial score (nSPS) is 10.5. The number of carbonyl (C=O) groups excluding carboxylic acids is 1. The number of anilines is 2. The largest absolute Gasteiger partial charge is 0.497 e. The first-order valence-electron chi connectivity index (χ1n) is 7.74. The number of hydrogen-bond acceptors (Lipinski definition) is 5. The molecule has 0 fully saturated rings. The average molecular weight is 337 g/mol. The summed E-state index contributed by atoms with van der Waals surface area (Å²) >= 11 is 0. The molecule has 0 aliphatic rings. The van der Waals surface area contributed by atoms with E-state index in [2.05, 4.69) is 15.6 Å². The number of nitrogens with one attached hydrogen (secondary N) is 1. The number of aryl methyl sites for hydroxylation is 2. The third-order valence-electron chi connectivity index (χ3n) is 3.87. The topological polar surface area (TPSA) is 95.1 Å². The Kier molecular flexibility index (Phi) is 4.38. The third kappa shape index (κ3) is 3.30. The molecule has 3 aromatic rings. The molecule has 7 heteroatoms. The molecule has 25 heavy (non-hydrogen) atoms. The lowest BCUT2D eigenvalue weighted by Gasteiger charge is -2.08. The first-order valence-corrected chi connectivity index (χ1v) is 7.74. The van der Waals surface area contributed by atoms with Crippen molar-refractivity contribution >= 4 is 17.4 Å². The number of hydrogen-bond donors (Lipinski definition) is 2. The van der Waals surface area contributed by atoms with Crippen molar-refractivity contribution in [3.63, 3.8) is 0 Å². The quantitative estimate of drug-likeness (QED) is 0.763. The summed E-state index contributed by atoms with van der Waals surface area (Å²) in [6, 6.07) is 12.9. The van der Waals surface area contributed by atoms with Crippen LogP contribution in [-0.2, 0) is 0 Å². The molecule has 3 rings (SSSR count). The second-order valence-corrected chi connectivity index (χ2v) is 5.71. The molecule has 0 spiro atoms. The molecule has 2 aromatic carbocycles. The summed E-state index contributed by atoms with van der Waals surface area (Å²) < 4.78 is 6.54.